The maximum absolute atomic E-state index is 11.6. The molecule has 0 bridgehead atoms. The number of benzene rings is 1. The number of nitrogens with two attached hydrogens (primary N) is 2. The van der Waals surface area contributed by atoms with Gasteiger partial charge in [-0.1, -0.05) is 11.6 Å². The van der Waals surface area contributed by atoms with Crippen LogP contribution >= 0.6 is 11.6 Å². The van der Waals surface area contributed by atoms with Crippen LogP contribution in [0.3, 0.4) is 0 Å². The smallest absolute Gasteiger partial charge is 0.280 e. The lowest BCUT2D eigenvalue weighted by atomic mass is 10.1. The molecule has 0 aromatic heterocycles. The highest BCUT2D eigenvalue weighted by molar-refractivity contribution is 6.33. The first-order valence-corrected chi connectivity index (χ1v) is 5.32. The lowest BCUT2D eigenvalue weighted by Gasteiger charge is -2.18. The van der Waals surface area contributed by atoms with Gasteiger partial charge in [-0.2, -0.15) is 4.99 Å². The van der Waals surface area contributed by atoms with E-state index in [0.29, 0.717) is 10.6 Å². The lowest BCUT2D eigenvalue weighted by molar-refractivity contribution is 0.100. The van der Waals surface area contributed by atoms with Gasteiger partial charge in [-0.3, -0.25) is 4.79 Å². The summed E-state index contributed by atoms with van der Waals surface area (Å²) >= 11 is 6.11. The van der Waals surface area contributed by atoms with Crippen LogP contribution in [0.15, 0.2) is 17.1 Å². The number of halogens is 1. The van der Waals surface area contributed by atoms with Crippen LogP contribution in [-0.2, 0) is 0 Å². The summed E-state index contributed by atoms with van der Waals surface area (Å²) in [5.41, 5.74) is 12.4. The molecule has 1 rings (SSSR count). The Hall–Kier alpha value is -1.75. The molecule has 1 aromatic rings. The van der Waals surface area contributed by atoms with Gasteiger partial charge >= 0.3 is 0 Å². The van der Waals surface area contributed by atoms with E-state index in [-0.39, 0.29) is 5.96 Å². The molecule has 1 aromatic carbocycles. The van der Waals surface area contributed by atoms with Gasteiger partial charge in [0.1, 0.15) is 0 Å². The highest BCUT2D eigenvalue weighted by atomic mass is 35.5. The average Bonchev–Trinajstić information content (AvgIpc) is 2.14. The minimum atomic E-state index is -0.500. The standard InChI is InChI=1S/C11H15ClN4O/c1-6-4-7(10(17)15-11(13)14)5-8(12)9(6)16(2)3/h4-5H,1-3H3,(H4,13,14,15,17). The first-order valence-electron chi connectivity index (χ1n) is 4.94. The molecule has 17 heavy (non-hydrogen) atoms. The van der Waals surface area contributed by atoms with E-state index in [2.05, 4.69) is 4.99 Å². The van der Waals surface area contributed by atoms with Crippen LogP contribution in [0.1, 0.15) is 15.9 Å². The average molecular weight is 255 g/mol. The van der Waals surface area contributed by atoms with Crippen molar-refractivity contribution in [3.8, 4) is 0 Å². The molecule has 6 heteroatoms. The van der Waals surface area contributed by atoms with Gasteiger partial charge in [-0.05, 0) is 24.6 Å². The van der Waals surface area contributed by atoms with E-state index in [0.717, 1.165) is 11.3 Å². The maximum Gasteiger partial charge on any atom is 0.280 e. The zero-order valence-electron chi connectivity index (χ0n) is 9.99. The fraction of sp³-hybridized carbons (Fsp3) is 0.273. The fourth-order valence-electron chi connectivity index (χ4n) is 1.61. The van der Waals surface area contributed by atoms with E-state index in [1.165, 1.54) is 0 Å². The van der Waals surface area contributed by atoms with Gasteiger partial charge < -0.3 is 16.4 Å². The number of aliphatic imine (C=N–C) groups is 1. The summed E-state index contributed by atoms with van der Waals surface area (Å²) in [4.78, 5) is 17.0. The maximum atomic E-state index is 11.6. The molecule has 0 fully saturated rings. The molecule has 0 radical (unpaired) electrons. The van der Waals surface area contributed by atoms with Crippen molar-refractivity contribution in [2.45, 2.75) is 6.92 Å². The highest BCUT2D eigenvalue weighted by Crippen LogP contribution is 2.29. The molecule has 0 spiro atoms. The summed E-state index contributed by atoms with van der Waals surface area (Å²) in [7, 11) is 3.76. The number of rotatable bonds is 2. The summed E-state index contributed by atoms with van der Waals surface area (Å²) < 4.78 is 0. The third-order valence-electron chi connectivity index (χ3n) is 2.18. The summed E-state index contributed by atoms with van der Waals surface area (Å²) in [6, 6.07) is 3.26. The Labute approximate surface area is 105 Å². The minimum absolute atomic E-state index is 0.263. The number of hydrogen-bond acceptors (Lipinski definition) is 2. The zero-order chi connectivity index (χ0) is 13.2. The number of guanidine groups is 1. The number of carbonyl (C=O) groups excluding carboxylic acids is 1. The van der Waals surface area contributed by atoms with Crippen molar-refractivity contribution in [3.05, 3.63) is 28.3 Å². The van der Waals surface area contributed by atoms with Crippen LogP contribution in [-0.4, -0.2) is 26.0 Å². The van der Waals surface area contributed by atoms with Gasteiger partial charge in [-0.25, -0.2) is 0 Å². The predicted octanol–water partition coefficient (Wildman–Crippen LogP) is 1.13. The van der Waals surface area contributed by atoms with Crippen molar-refractivity contribution >= 4 is 29.2 Å². The van der Waals surface area contributed by atoms with Crippen LogP contribution in [0.25, 0.3) is 0 Å². The van der Waals surface area contributed by atoms with Crippen LogP contribution < -0.4 is 16.4 Å². The van der Waals surface area contributed by atoms with E-state index in [9.17, 15) is 4.79 Å². The molecule has 0 saturated heterocycles. The van der Waals surface area contributed by atoms with Gasteiger partial charge in [-0.15, -0.1) is 0 Å². The molecule has 1 amide bonds. The van der Waals surface area contributed by atoms with Crippen molar-refractivity contribution in [2.75, 3.05) is 19.0 Å². The quantitative estimate of drug-likeness (QED) is 0.612. The molecule has 0 atom stereocenters. The van der Waals surface area contributed by atoms with Crippen LogP contribution in [0.2, 0.25) is 5.02 Å². The topological polar surface area (TPSA) is 84.7 Å². The summed E-state index contributed by atoms with van der Waals surface area (Å²) in [5.74, 6) is -0.763. The van der Waals surface area contributed by atoms with Crippen molar-refractivity contribution in [1.82, 2.24) is 0 Å². The highest BCUT2D eigenvalue weighted by Gasteiger charge is 2.12. The Morgan fingerprint density at radius 1 is 1.35 bits per heavy atom. The van der Waals surface area contributed by atoms with Crippen molar-refractivity contribution < 1.29 is 4.79 Å². The lowest BCUT2D eigenvalue weighted by Crippen LogP contribution is -2.24. The van der Waals surface area contributed by atoms with E-state index in [4.69, 9.17) is 23.1 Å². The van der Waals surface area contributed by atoms with Crippen LogP contribution in [0, 0.1) is 6.92 Å². The predicted molar refractivity (Wildman–Crippen MR) is 70.7 cm³/mol. The number of nitrogens with zero attached hydrogens (tertiary/aromatic N) is 2. The molecule has 0 aliphatic heterocycles. The number of carbonyl (C=O) groups is 1. The molecular formula is C11H15ClN4O. The Bertz CT molecular complexity index is 455. The number of aryl methyl sites for hydroxylation is 1. The second kappa shape index (κ2) is 5.05. The molecule has 5 nitrogen and oxygen atoms in total. The normalized spacial score (nSPS) is 9.88. The molecular weight excluding hydrogens is 240 g/mol. The van der Waals surface area contributed by atoms with E-state index < -0.39 is 5.91 Å². The Balaban J connectivity index is 3.24. The third-order valence-corrected chi connectivity index (χ3v) is 2.47. The molecule has 0 saturated carbocycles. The first-order chi connectivity index (χ1) is 7.82. The monoisotopic (exact) mass is 254 g/mol. The van der Waals surface area contributed by atoms with Crippen LogP contribution in [0.4, 0.5) is 5.69 Å². The summed E-state index contributed by atoms with van der Waals surface area (Å²) in [6.07, 6.45) is 0. The molecule has 0 heterocycles. The number of anilines is 1. The molecule has 92 valence electrons. The Kier molecular flexibility index (Phi) is 3.96. The van der Waals surface area contributed by atoms with Gasteiger partial charge in [0.15, 0.2) is 5.96 Å². The molecule has 0 unspecified atom stereocenters. The van der Waals surface area contributed by atoms with Crippen molar-refractivity contribution in [3.63, 3.8) is 0 Å². The SMILES string of the molecule is Cc1cc(C(=O)N=C(N)N)cc(Cl)c1N(C)C. The minimum Gasteiger partial charge on any atom is -0.376 e. The van der Waals surface area contributed by atoms with E-state index in [1.54, 1.807) is 12.1 Å². The second-order valence-electron chi connectivity index (χ2n) is 3.86. The zero-order valence-corrected chi connectivity index (χ0v) is 10.7. The second-order valence-corrected chi connectivity index (χ2v) is 4.27. The number of amides is 1. The molecule has 4 N–H and O–H groups in total. The number of hydrogen-bond donors (Lipinski definition) is 2. The Morgan fingerprint density at radius 3 is 2.35 bits per heavy atom. The largest absolute Gasteiger partial charge is 0.376 e. The van der Waals surface area contributed by atoms with Gasteiger partial charge in [0, 0.05) is 19.7 Å². The van der Waals surface area contributed by atoms with Crippen LogP contribution in [0.5, 0.6) is 0 Å². The van der Waals surface area contributed by atoms with E-state index >= 15 is 0 Å². The molecule has 0 aliphatic carbocycles. The summed E-state index contributed by atoms with van der Waals surface area (Å²) in [6.45, 7) is 1.87. The summed E-state index contributed by atoms with van der Waals surface area (Å²) in [5, 5.41) is 0.490. The molecule has 0 aliphatic rings. The first kappa shape index (κ1) is 13.3. The van der Waals surface area contributed by atoms with Gasteiger partial charge in [0.05, 0.1) is 10.7 Å². The van der Waals surface area contributed by atoms with Gasteiger partial charge in [0.2, 0.25) is 0 Å². The third kappa shape index (κ3) is 3.10. The van der Waals surface area contributed by atoms with Gasteiger partial charge in [0.25, 0.3) is 5.91 Å². The Morgan fingerprint density at radius 2 is 1.94 bits per heavy atom. The van der Waals surface area contributed by atoms with Crippen molar-refractivity contribution in [2.24, 2.45) is 16.5 Å². The van der Waals surface area contributed by atoms with Crippen molar-refractivity contribution in [1.29, 1.82) is 0 Å². The fourth-order valence-corrected chi connectivity index (χ4v) is 2.04. The van der Waals surface area contributed by atoms with E-state index in [1.807, 2.05) is 25.9 Å².